The summed E-state index contributed by atoms with van der Waals surface area (Å²) in [6.07, 6.45) is 1.25. The molecular weight excluding hydrogens is 190 g/mol. The van der Waals surface area contributed by atoms with Gasteiger partial charge in [0.05, 0.1) is 0 Å². The summed E-state index contributed by atoms with van der Waals surface area (Å²) in [5.74, 6) is 0. The molecule has 0 amide bonds. The average Bonchev–Trinajstić information content (AvgIpc) is 2.54. The van der Waals surface area contributed by atoms with Crippen molar-refractivity contribution in [1.29, 1.82) is 0 Å². The molecule has 74 valence electrons. The predicted molar refractivity (Wildman–Crippen MR) is 61.7 cm³/mol. The summed E-state index contributed by atoms with van der Waals surface area (Å²) in [5.41, 5.74) is 3.09. The van der Waals surface area contributed by atoms with Gasteiger partial charge < -0.3 is 5.32 Å². The summed E-state index contributed by atoms with van der Waals surface area (Å²) >= 11 is 2.15. The molecule has 1 saturated heterocycles. The molecule has 3 rings (SSSR count). The lowest BCUT2D eigenvalue weighted by Gasteiger charge is -2.31. The van der Waals surface area contributed by atoms with Crippen LogP contribution in [0.25, 0.3) is 0 Å². The Labute approximate surface area is 89.3 Å². The minimum atomic E-state index is 0.618. The van der Waals surface area contributed by atoms with Crippen LogP contribution in [0.4, 0.5) is 0 Å². The number of thioether (sulfide) groups is 1. The van der Waals surface area contributed by atoms with Crippen molar-refractivity contribution in [2.24, 2.45) is 0 Å². The van der Waals surface area contributed by atoms with Crippen LogP contribution in [0.1, 0.15) is 24.1 Å². The van der Waals surface area contributed by atoms with Crippen molar-refractivity contribution in [2.45, 2.75) is 29.9 Å². The molecule has 0 spiro atoms. The molecule has 2 aliphatic rings. The predicted octanol–water partition coefficient (Wildman–Crippen LogP) is 2.38. The van der Waals surface area contributed by atoms with Gasteiger partial charge in [-0.05, 0) is 17.5 Å². The van der Waals surface area contributed by atoms with Crippen LogP contribution in [0.15, 0.2) is 24.3 Å². The lowest BCUT2D eigenvalue weighted by Crippen LogP contribution is -2.38. The molecule has 3 unspecified atom stereocenters. The molecule has 1 aromatic rings. The van der Waals surface area contributed by atoms with Crippen molar-refractivity contribution in [1.82, 2.24) is 5.32 Å². The van der Waals surface area contributed by atoms with Crippen LogP contribution >= 0.6 is 11.8 Å². The molecule has 1 aliphatic heterocycles. The van der Waals surface area contributed by atoms with E-state index in [9.17, 15) is 0 Å². The van der Waals surface area contributed by atoms with E-state index in [1.807, 2.05) is 0 Å². The number of nitrogens with one attached hydrogen (secondary N) is 1. The number of hydrogen-bond acceptors (Lipinski definition) is 2. The highest BCUT2D eigenvalue weighted by atomic mass is 32.2. The van der Waals surface area contributed by atoms with Crippen molar-refractivity contribution >= 4 is 11.8 Å². The fourth-order valence-corrected chi connectivity index (χ4v) is 4.03. The Balaban J connectivity index is 1.94. The maximum Gasteiger partial charge on any atom is 0.0447 e. The summed E-state index contributed by atoms with van der Waals surface area (Å²) in [7, 11) is 0. The Morgan fingerprint density at radius 3 is 3.14 bits per heavy atom. The number of rotatable bonds is 0. The van der Waals surface area contributed by atoms with E-state index in [0.29, 0.717) is 6.04 Å². The summed E-state index contributed by atoms with van der Waals surface area (Å²) < 4.78 is 0. The van der Waals surface area contributed by atoms with Gasteiger partial charge in [-0.15, -0.1) is 0 Å². The first kappa shape index (κ1) is 8.81. The molecule has 0 radical (unpaired) electrons. The smallest absolute Gasteiger partial charge is 0.0447 e. The molecular formula is C12H15NS. The van der Waals surface area contributed by atoms with Gasteiger partial charge in [-0.1, -0.05) is 31.2 Å². The van der Waals surface area contributed by atoms with Crippen LogP contribution in [0.2, 0.25) is 0 Å². The van der Waals surface area contributed by atoms with Crippen LogP contribution in [0, 0.1) is 0 Å². The van der Waals surface area contributed by atoms with Crippen molar-refractivity contribution in [2.75, 3.05) is 6.54 Å². The second-order valence-corrected chi connectivity index (χ2v) is 5.96. The van der Waals surface area contributed by atoms with E-state index in [1.54, 1.807) is 5.56 Å². The SMILES string of the molecule is CC1CNC2c3ccccc3CC2S1. The van der Waals surface area contributed by atoms with Gasteiger partial charge in [0, 0.05) is 23.1 Å². The minimum Gasteiger partial charge on any atom is -0.308 e. The van der Waals surface area contributed by atoms with Crippen LogP contribution in [-0.2, 0) is 6.42 Å². The summed E-state index contributed by atoms with van der Waals surface area (Å²) in [4.78, 5) is 0. The largest absolute Gasteiger partial charge is 0.308 e. The first-order valence-electron chi connectivity index (χ1n) is 5.31. The van der Waals surface area contributed by atoms with Crippen molar-refractivity contribution in [3.8, 4) is 0 Å². The molecule has 14 heavy (non-hydrogen) atoms. The number of fused-ring (bicyclic) bond motifs is 3. The number of hydrogen-bond donors (Lipinski definition) is 1. The third kappa shape index (κ3) is 1.29. The normalized spacial score (nSPS) is 35.1. The van der Waals surface area contributed by atoms with Crippen molar-refractivity contribution in [3.63, 3.8) is 0 Å². The fourth-order valence-electron chi connectivity index (χ4n) is 2.57. The van der Waals surface area contributed by atoms with Crippen LogP contribution in [0.3, 0.4) is 0 Å². The number of benzene rings is 1. The van der Waals surface area contributed by atoms with E-state index < -0.39 is 0 Å². The topological polar surface area (TPSA) is 12.0 Å². The van der Waals surface area contributed by atoms with E-state index in [2.05, 4.69) is 48.3 Å². The van der Waals surface area contributed by atoms with Gasteiger partial charge >= 0.3 is 0 Å². The second-order valence-electron chi connectivity index (χ2n) is 4.27. The van der Waals surface area contributed by atoms with Gasteiger partial charge in [0.1, 0.15) is 0 Å². The van der Waals surface area contributed by atoms with Crippen LogP contribution in [-0.4, -0.2) is 17.0 Å². The van der Waals surface area contributed by atoms with Gasteiger partial charge in [0.2, 0.25) is 0 Å². The third-order valence-electron chi connectivity index (χ3n) is 3.22. The van der Waals surface area contributed by atoms with E-state index in [-0.39, 0.29) is 0 Å². The molecule has 0 saturated carbocycles. The Morgan fingerprint density at radius 2 is 2.21 bits per heavy atom. The average molecular weight is 205 g/mol. The fraction of sp³-hybridized carbons (Fsp3) is 0.500. The monoisotopic (exact) mass is 205 g/mol. The first-order chi connectivity index (χ1) is 6.84. The van der Waals surface area contributed by atoms with Gasteiger partial charge in [-0.2, -0.15) is 11.8 Å². The molecule has 1 aliphatic carbocycles. The molecule has 1 aromatic carbocycles. The van der Waals surface area contributed by atoms with Crippen molar-refractivity contribution in [3.05, 3.63) is 35.4 Å². The van der Waals surface area contributed by atoms with Gasteiger partial charge in [-0.3, -0.25) is 0 Å². The molecule has 0 aromatic heterocycles. The molecule has 3 atom stereocenters. The van der Waals surface area contributed by atoms with Crippen molar-refractivity contribution < 1.29 is 0 Å². The molecule has 1 nitrogen and oxygen atoms in total. The zero-order valence-corrected chi connectivity index (χ0v) is 9.18. The maximum absolute atomic E-state index is 3.67. The van der Waals surface area contributed by atoms with Gasteiger partial charge in [0.25, 0.3) is 0 Å². The van der Waals surface area contributed by atoms with Gasteiger partial charge in [0.15, 0.2) is 0 Å². The zero-order chi connectivity index (χ0) is 9.54. The lowest BCUT2D eigenvalue weighted by atomic mass is 10.1. The molecule has 1 heterocycles. The van der Waals surface area contributed by atoms with E-state index in [4.69, 9.17) is 0 Å². The summed E-state index contributed by atoms with van der Waals surface area (Å²) in [6.45, 7) is 3.47. The Bertz CT molecular complexity index is 350. The molecule has 0 bridgehead atoms. The van der Waals surface area contributed by atoms with Crippen LogP contribution in [0.5, 0.6) is 0 Å². The summed E-state index contributed by atoms with van der Waals surface area (Å²) in [5, 5.41) is 5.21. The van der Waals surface area contributed by atoms with Gasteiger partial charge in [-0.25, -0.2) is 0 Å². The maximum atomic E-state index is 3.67. The Hall–Kier alpha value is -0.470. The third-order valence-corrected chi connectivity index (χ3v) is 4.64. The lowest BCUT2D eigenvalue weighted by molar-refractivity contribution is 0.520. The zero-order valence-electron chi connectivity index (χ0n) is 8.36. The minimum absolute atomic E-state index is 0.618. The van der Waals surface area contributed by atoms with Crippen LogP contribution < -0.4 is 5.32 Å². The van der Waals surface area contributed by atoms with E-state index >= 15 is 0 Å². The van der Waals surface area contributed by atoms with E-state index in [1.165, 1.54) is 12.0 Å². The van der Waals surface area contributed by atoms with E-state index in [0.717, 1.165) is 17.0 Å². The Morgan fingerprint density at radius 1 is 1.36 bits per heavy atom. The summed E-state index contributed by atoms with van der Waals surface area (Å²) in [6, 6.07) is 9.49. The highest BCUT2D eigenvalue weighted by Gasteiger charge is 2.36. The standard InChI is InChI=1S/C12H15NS/c1-8-7-13-12-10-5-3-2-4-9(10)6-11(12)14-8/h2-5,8,11-13H,6-7H2,1H3. The second kappa shape index (κ2) is 3.28. The molecule has 1 fully saturated rings. The Kier molecular flexibility index (Phi) is 2.06. The first-order valence-corrected chi connectivity index (χ1v) is 6.25. The quantitative estimate of drug-likeness (QED) is 0.698. The highest BCUT2D eigenvalue weighted by Crippen LogP contribution is 2.42. The molecule has 2 heteroatoms. The highest BCUT2D eigenvalue weighted by molar-refractivity contribution is 8.00. The molecule has 1 N–H and O–H groups in total.